The predicted octanol–water partition coefficient (Wildman–Crippen LogP) is 4.51. The first-order chi connectivity index (χ1) is 11.1. The molecule has 0 unspecified atom stereocenters. The molecular formula is C19H24N2OS. The third-order valence-corrected chi connectivity index (χ3v) is 5.81. The Morgan fingerprint density at radius 3 is 2.83 bits per heavy atom. The average Bonchev–Trinajstić information content (AvgIpc) is 3.09. The lowest BCUT2D eigenvalue weighted by atomic mass is 10.0. The Bertz CT molecular complexity index is 807. The Labute approximate surface area is 141 Å². The second-order valence-electron chi connectivity index (χ2n) is 6.57. The summed E-state index contributed by atoms with van der Waals surface area (Å²) in [4.78, 5) is 17.6. The van der Waals surface area contributed by atoms with E-state index < -0.39 is 0 Å². The molecule has 1 heterocycles. The first-order valence-electron chi connectivity index (χ1n) is 8.37. The van der Waals surface area contributed by atoms with Crippen LogP contribution in [0.4, 0.5) is 0 Å². The normalized spacial score (nSPS) is 16.3. The van der Waals surface area contributed by atoms with Crippen molar-refractivity contribution in [2.75, 3.05) is 0 Å². The molecule has 4 heteroatoms. The number of carbonyl (C=O) groups is 1. The van der Waals surface area contributed by atoms with Gasteiger partial charge in [0, 0.05) is 13.0 Å². The second-order valence-corrected chi connectivity index (χ2v) is 7.55. The zero-order chi connectivity index (χ0) is 16.4. The van der Waals surface area contributed by atoms with Crippen molar-refractivity contribution in [2.24, 2.45) is 10.9 Å². The number of carbonyl (C=O) groups excluding carboxylic acids is 1. The summed E-state index contributed by atoms with van der Waals surface area (Å²) in [5.41, 5.74) is 3.63. The number of fused-ring (bicyclic) bond motifs is 1. The monoisotopic (exact) mass is 328 g/mol. The van der Waals surface area contributed by atoms with Crippen molar-refractivity contribution in [2.45, 2.75) is 52.5 Å². The van der Waals surface area contributed by atoms with E-state index in [1.807, 2.05) is 6.08 Å². The fourth-order valence-electron chi connectivity index (χ4n) is 3.52. The molecule has 1 aliphatic carbocycles. The van der Waals surface area contributed by atoms with Crippen molar-refractivity contribution in [3.63, 3.8) is 0 Å². The van der Waals surface area contributed by atoms with Gasteiger partial charge in [-0.2, -0.15) is 4.99 Å². The zero-order valence-electron chi connectivity index (χ0n) is 14.0. The van der Waals surface area contributed by atoms with Gasteiger partial charge in [-0.3, -0.25) is 4.79 Å². The number of thiazole rings is 1. The lowest BCUT2D eigenvalue weighted by molar-refractivity contribution is -0.118. The molecule has 3 rings (SSSR count). The van der Waals surface area contributed by atoms with Crippen LogP contribution in [0.1, 0.15) is 43.2 Å². The third kappa shape index (κ3) is 3.47. The summed E-state index contributed by atoms with van der Waals surface area (Å²) in [5.74, 6) is 0.563. The maximum absolute atomic E-state index is 12.4. The van der Waals surface area contributed by atoms with Gasteiger partial charge in [-0.05, 0) is 49.8 Å². The summed E-state index contributed by atoms with van der Waals surface area (Å²) in [6, 6.07) is 4.35. The van der Waals surface area contributed by atoms with Crippen molar-refractivity contribution < 1.29 is 4.79 Å². The lowest BCUT2D eigenvalue weighted by Gasteiger charge is -2.05. The van der Waals surface area contributed by atoms with Gasteiger partial charge in [0.05, 0.1) is 10.2 Å². The van der Waals surface area contributed by atoms with Crippen molar-refractivity contribution in [1.82, 2.24) is 4.57 Å². The molecule has 0 aliphatic heterocycles. The minimum atomic E-state index is 0.0237. The van der Waals surface area contributed by atoms with E-state index in [0.717, 1.165) is 10.3 Å². The number of hydrogen-bond donors (Lipinski definition) is 0. The van der Waals surface area contributed by atoms with Crippen molar-refractivity contribution in [3.8, 4) is 0 Å². The van der Waals surface area contributed by atoms with Crippen LogP contribution in [0.3, 0.4) is 0 Å². The fourth-order valence-corrected chi connectivity index (χ4v) is 4.62. The van der Waals surface area contributed by atoms with Crippen molar-refractivity contribution in [1.29, 1.82) is 0 Å². The van der Waals surface area contributed by atoms with Crippen LogP contribution in [-0.4, -0.2) is 10.5 Å². The number of hydrogen-bond acceptors (Lipinski definition) is 2. The fraction of sp³-hybridized carbons (Fsp3) is 0.474. The molecule has 0 bridgehead atoms. The smallest absolute Gasteiger partial charge is 0.248 e. The average molecular weight is 328 g/mol. The van der Waals surface area contributed by atoms with Gasteiger partial charge in [-0.25, -0.2) is 0 Å². The molecule has 0 saturated heterocycles. The first-order valence-corrected chi connectivity index (χ1v) is 9.19. The number of nitrogens with zero attached hydrogens (tertiary/aromatic N) is 2. The molecule has 0 radical (unpaired) electrons. The molecule has 2 aromatic rings. The zero-order valence-corrected chi connectivity index (χ0v) is 14.8. The first kappa shape index (κ1) is 16.2. The molecule has 1 aromatic carbocycles. The minimum Gasteiger partial charge on any atom is -0.312 e. The van der Waals surface area contributed by atoms with Crippen molar-refractivity contribution >= 4 is 27.5 Å². The summed E-state index contributed by atoms with van der Waals surface area (Å²) < 4.78 is 3.32. The quantitative estimate of drug-likeness (QED) is 0.760. The number of allylic oxidation sites excluding steroid dienone is 1. The second kappa shape index (κ2) is 6.83. The van der Waals surface area contributed by atoms with E-state index in [2.05, 4.69) is 42.1 Å². The molecule has 1 saturated carbocycles. The molecule has 0 atom stereocenters. The molecule has 122 valence electrons. The number of aryl methyl sites for hydroxylation is 2. The summed E-state index contributed by atoms with van der Waals surface area (Å²) in [5, 5.41) is 0. The van der Waals surface area contributed by atoms with Crippen LogP contribution in [0.5, 0.6) is 0 Å². The number of aromatic nitrogens is 1. The van der Waals surface area contributed by atoms with Gasteiger partial charge in [-0.15, -0.1) is 6.58 Å². The van der Waals surface area contributed by atoms with Crippen LogP contribution in [0, 0.1) is 19.8 Å². The number of amides is 1. The molecule has 1 amide bonds. The summed E-state index contributed by atoms with van der Waals surface area (Å²) >= 11 is 1.61. The van der Waals surface area contributed by atoms with E-state index in [-0.39, 0.29) is 5.91 Å². The van der Waals surface area contributed by atoms with Crippen LogP contribution in [-0.2, 0) is 11.3 Å². The van der Waals surface area contributed by atoms with E-state index in [1.165, 1.54) is 41.5 Å². The maximum Gasteiger partial charge on any atom is 0.248 e. The predicted molar refractivity (Wildman–Crippen MR) is 96.6 cm³/mol. The standard InChI is InChI=1S/C19H24N2OS/c1-4-9-21-16-11-13(2)10-14(3)18(16)23-19(21)20-17(22)12-15-7-5-6-8-15/h4,10-11,15H,1,5-9,12H2,2-3H3. The van der Waals surface area contributed by atoms with Gasteiger partial charge in [0.2, 0.25) is 5.91 Å². The number of rotatable bonds is 4. The Morgan fingerprint density at radius 2 is 2.13 bits per heavy atom. The van der Waals surface area contributed by atoms with Gasteiger partial charge in [0.25, 0.3) is 0 Å². The topological polar surface area (TPSA) is 34.4 Å². The van der Waals surface area contributed by atoms with Crippen LogP contribution in [0.2, 0.25) is 0 Å². The Balaban J connectivity index is 2.03. The molecule has 3 nitrogen and oxygen atoms in total. The van der Waals surface area contributed by atoms with E-state index in [9.17, 15) is 4.79 Å². The SMILES string of the molecule is C=CCn1c(=NC(=O)CC2CCCC2)sc2c(C)cc(C)cc21. The van der Waals surface area contributed by atoms with Gasteiger partial charge in [-0.1, -0.05) is 36.3 Å². The van der Waals surface area contributed by atoms with E-state index in [4.69, 9.17) is 0 Å². The largest absolute Gasteiger partial charge is 0.312 e. The van der Waals surface area contributed by atoms with Crippen LogP contribution < -0.4 is 4.80 Å². The molecule has 1 aliphatic rings. The molecule has 1 fully saturated rings. The van der Waals surface area contributed by atoms with E-state index >= 15 is 0 Å². The molecule has 0 spiro atoms. The highest BCUT2D eigenvalue weighted by atomic mass is 32.1. The van der Waals surface area contributed by atoms with Gasteiger partial charge < -0.3 is 4.57 Å². The third-order valence-electron chi connectivity index (χ3n) is 4.58. The van der Waals surface area contributed by atoms with E-state index in [1.54, 1.807) is 11.3 Å². The molecule has 0 N–H and O–H groups in total. The molecule has 23 heavy (non-hydrogen) atoms. The van der Waals surface area contributed by atoms with Gasteiger partial charge in [0.1, 0.15) is 0 Å². The highest BCUT2D eigenvalue weighted by Gasteiger charge is 2.18. The maximum atomic E-state index is 12.4. The molecular weight excluding hydrogens is 304 g/mol. The Hall–Kier alpha value is -1.68. The Morgan fingerprint density at radius 1 is 1.39 bits per heavy atom. The van der Waals surface area contributed by atoms with Gasteiger partial charge >= 0.3 is 0 Å². The van der Waals surface area contributed by atoms with Crippen LogP contribution in [0.15, 0.2) is 29.8 Å². The van der Waals surface area contributed by atoms with Crippen LogP contribution >= 0.6 is 11.3 Å². The van der Waals surface area contributed by atoms with Crippen LogP contribution in [0.25, 0.3) is 10.2 Å². The summed E-state index contributed by atoms with van der Waals surface area (Å²) in [6.07, 6.45) is 7.34. The summed E-state index contributed by atoms with van der Waals surface area (Å²) in [7, 11) is 0. The summed E-state index contributed by atoms with van der Waals surface area (Å²) in [6.45, 7) is 8.75. The number of benzene rings is 1. The highest BCUT2D eigenvalue weighted by molar-refractivity contribution is 7.16. The highest BCUT2D eigenvalue weighted by Crippen LogP contribution is 2.28. The van der Waals surface area contributed by atoms with Gasteiger partial charge in [0.15, 0.2) is 4.80 Å². The Kier molecular flexibility index (Phi) is 4.81. The van der Waals surface area contributed by atoms with Crippen molar-refractivity contribution in [3.05, 3.63) is 40.7 Å². The molecule has 1 aromatic heterocycles. The lowest BCUT2D eigenvalue weighted by Crippen LogP contribution is -2.17. The van der Waals surface area contributed by atoms with E-state index in [0.29, 0.717) is 18.9 Å². The minimum absolute atomic E-state index is 0.0237.